The van der Waals surface area contributed by atoms with Crippen LogP contribution in [0.25, 0.3) is 0 Å². The Bertz CT molecular complexity index is 373. The summed E-state index contributed by atoms with van der Waals surface area (Å²) in [4.78, 5) is 0. The summed E-state index contributed by atoms with van der Waals surface area (Å²) >= 11 is 0. The van der Waals surface area contributed by atoms with Gasteiger partial charge in [0.2, 0.25) is 0 Å². The molecule has 1 aliphatic rings. The van der Waals surface area contributed by atoms with Gasteiger partial charge in [-0.2, -0.15) is 0 Å². The normalized spacial score (nSPS) is 18.5. The van der Waals surface area contributed by atoms with Gasteiger partial charge in [-0.15, -0.1) is 24.5 Å². The minimum absolute atomic E-state index is 0.0155. The van der Waals surface area contributed by atoms with Gasteiger partial charge in [-0.05, 0) is 33.0 Å². The van der Waals surface area contributed by atoms with Gasteiger partial charge in [-0.25, -0.2) is 0 Å². The quantitative estimate of drug-likeness (QED) is 0.339. The Morgan fingerprint density at radius 2 is 1.67 bits per heavy atom. The molecule has 0 aliphatic carbocycles. The lowest BCUT2D eigenvalue weighted by atomic mass is 9.51. The molecular weight excluding hydrogens is 183 g/mol. The maximum Gasteiger partial charge on any atom is 0.380 e. The summed E-state index contributed by atoms with van der Waals surface area (Å²) in [5.74, 6) is 10.7. The summed E-state index contributed by atoms with van der Waals surface area (Å²) in [6.07, 6.45) is 10.6. The minimum atomic E-state index is -0.0294. The van der Waals surface area contributed by atoms with Crippen molar-refractivity contribution in [1.82, 2.24) is 14.2 Å². The van der Waals surface area contributed by atoms with Crippen LogP contribution in [0.3, 0.4) is 0 Å². The van der Waals surface area contributed by atoms with Gasteiger partial charge < -0.3 is 14.2 Å². The Kier molecular flexibility index (Phi) is 3.95. The molecule has 6 heteroatoms. The number of hydrogen-bond acceptors (Lipinski definition) is 3. The average Bonchev–Trinajstić information content (AvgIpc) is 2.17. The third-order valence-electron chi connectivity index (χ3n) is 2.48. The molecule has 1 saturated heterocycles. The molecule has 0 unspecified atom stereocenters. The summed E-state index contributed by atoms with van der Waals surface area (Å²) in [6, 6.07) is 0. The Morgan fingerprint density at radius 1 is 1.07 bits per heavy atom. The van der Waals surface area contributed by atoms with Crippen molar-refractivity contribution >= 4 is 21.5 Å². The van der Waals surface area contributed by atoms with Gasteiger partial charge in [0, 0.05) is 0 Å². The van der Waals surface area contributed by atoms with Crippen LogP contribution in [-0.4, -0.2) is 56.8 Å². The van der Waals surface area contributed by atoms with E-state index in [2.05, 4.69) is 32.9 Å². The van der Waals surface area contributed by atoms with E-state index < -0.39 is 0 Å². The highest BCUT2D eigenvalue weighted by atomic mass is 15.3. The van der Waals surface area contributed by atoms with Gasteiger partial charge in [0.05, 0.1) is 0 Å². The fourth-order valence-corrected chi connectivity index (χ4v) is 1.83. The Balaban J connectivity index is 2.89. The van der Waals surface area contributed by atoms with Crippen LogP contribution in [0.1, 0.15) is 0 Å². The maximum absolute atomic E-state index is 5.48. The number of rotatable bonds is 0. The van der Waals surface area contributed by atoms with E-state index >= 15 is 0 Å². The Labute approximate surface area is 93.7 Å². The molecule has 1 rings (SSSR count). The SMILES string of the molecule is C#CC#CB1N(C)BN(C)B(C#C)N1C. The molecule has 0 N–H and O–H groups in total. The van der Waals surface area contributed by atoms with E-state index in [0.717, 1.165) is 7.55 Å². The molecule has 15 heavy (non-hydrogen) atoms. The fourth-order valence-electron chi connectivity index (χ4n) is 1.83. The molecule has 0 saturated carbocycles. The van der Waals surface area contributed by atoms with Crippen LogP contribution in [0, 0.1) is 36.3 Å². The van der Waals surface area contributed by atoms with Gasteiger partial charge in [0.25, 0.3) is 7.55 Å². The zero-order valence-corrected chi connectivity index (χ0v) is 9.36. The molecule has 0 aromatic carbocycles. The first-order valence-corrected chi connectivity index (χ1v) is 4.66. The average molecular weight is 195 g/mol. The maximum atomic E-state index is 5.48. The second-order valence-corrected chi connectivity index (χ2v) is 3.65. The first-order valence-electron chi connectivity index (χ1n) is 4.66. The molecule has 3 nitrogen and oxygen atoms in total. The van der Waals surface area contributed by atoms with Crippen molar-refractivity contribution in [2.45, 2.75) is 0 Å². The summed E-state index contributed by atoms with van der Waals surface area (Å²) in [6.45, 7) is -0.0448. The minimum Gasteiger partial charge on any atom is -0.351 e. The predicted molar refractivity (Wildman–Crippen MR) is 67.4 cm³/mol. The van der Waals surface area contributed by atoms with Crippen LogP contribution < -0.4 is 0 Å². The van der Waals surface area contributed by atoms with Crippen LogP contribution in [-0.2, 0) is 0 Å². The molecule has 1 fully saturated rings. The third kappa shape index (κ3) is 2.41. The van der Waals surface area contributed by atoms with Gasteiger partial charge >= 0.3 is 14.0 Å². The summed E-state index contributed by atoms with van der Waals surface area (Å²) in [5, 5.41) is 0. The van der Waals surface area contributed by atoms with Crippen molar-refractivity contribution in [2.24, 2.45) is 0 Å². The molecular formula is C9H12B3N3. The highest BCUT2D eigenvalue weighted by Crippen LogP contribution is 2.07. The van der Waals surface area contributed by atoms with Gasteiger partial charge in [-0.3, -0.25) is 0 Å². The van der Waals surface area contributed by atoms with E-state index in [1.54, 1.807) is 0 Å². The number of terminal acetylenes is 2. The molecule has 0 atom stereocenters. The fraction of sp³-hybridized carbons (Fsp3) is 0.333. The molecule has 0 aromatic heterocycles. The molecule has 0 spiro atoms. The van der Waals surface area contributed by atoms with E-state index in [1.807, 2.05) is 25.9 Å². The van der Waals surface area contributed by atoms with Crippen LogP contribution in [0.5, 0.6) is 0 Å². The smallest absolute Gasteiger partial charge is 0.351 e. The second-order valence-electron chi connectivity index (χ2n) is 3.65. The van der Waals surface area contributed by atoms with Gasteiger partial charge in [0.1, 0.15) is 0 Å². The first kappa shape index (κ1) is 11.8. The van der Waals surface area contributed by atoms with Crippen molar-refractivity contribution in [3.05, 3.63) is 0 Å². The zero-order valence-electron chi connectivity index (χ0n) is 9.36. The summed E-state index contributed by atoms with van der Waals surface area (Å²) in [5.41, 5.74) is 0. The molecule has 0 bridgehead atoms. The third-order valence-corrected chi connectivity index (χ3v) is 2.48. The largest absolute Gasteiger partial charge is 0.380 e. The van der Waals surface area contributed by atoms with Crippen molar-refractivity contribution in [1.29, 1.82) is 0 Å². The van der Waals surface area contributed by atoms with E-state index in [1.165, 1.54) is 0 Å². The van der Waals surface area contributed by atoms with Crippen molar-refractivity contribution in [2.75, 3.05) is 21.1 Å². The lowest BCUT2D eigenvalue weighted by Crippen LogP contribution is -2.69. The van der Waals surface area contributed by atoms with Gasteiger partial charge in [0.15, 0.2) is 0 Å². The van der Waals surface area contributed by atoms with Crippen LogP contribution in [0.4, 0.5) is 0 Å². The lowest BCUT2D eigenvalue weighted by Gasteiger charge is -2.41. The van der Waals surface area contributed by atoms with Crippen LogP contribution in [0.2, 0.25) is 0 Å². The van der Waals surface area contributed by atoms with Crippen molar-refractivity contribution in [3.8, 4) is 36.3 Å². The zero-order chi connectivity index (χ0) is 11.4. The van der Waals surface area contributed by atoms with Crippen molar-refractivity contribution < 1.29 is 0 Å². The molecule has 0 radical (unpaired) electrons. The summed E-state index contributed by atoms with van der Waals surface area (Å²) in [7, 11) is 6.72. The molecule has 1 aliphatic heterocycles. The van der Waals surface area contributed by atoms with E-state index in [-0.39, 0.29) is 14.0 Å². The molecule has 0 amide bonds. The number of nitrogens with zero attached hydrogens (tertiary/aromatic N) is 3. The van der Waals surface area contributed by atoms with E-state index in [0.29, 0.717) is 0 Å². The topological polar surface area (TPSA) is 9.72 Å². The van der Waals surface area contributed by atoms with Crippen LogP contribution in [0.15, 0.2) is 0 Å². The monoisotopic (exact) mass is 195 g/mol. The highest BCUT2D eigenvalue weighted by Gasteiger charge is 2.40. The number of hydrogen-bond donors (Lipinski definition) is 0. The molecule has 0 aromatic rings. The summed E-state index contributed by atoms with van der Waals surface area (Å²) < 4.78 is 6.19. The Hall–Kier alpha value is -1.25. The highest BCUT2D eigenvalue weighted by molar-refractivity contribution is 6.86. The van der Waals surface area contributed by atoms with Crippen molar-refractivity contribution in [3.63, 3.8) is 0 Å². The van der Waals surface area contributed by atoms with Crippen LogP contribution >= 0.6 is 0 Å². The molecule has 1 heterocycles. The van der Waals surface area contributed by atoms with E-state index in [9.17, 15) is 0 Å². The lowest BCUT2D eigenvalue weighted by molar-refractivity contribution is 0.575. The standard InChI is InChI=1S/C9H12B3N3/c1-6-8-9-12-14(4)10-13(3)11(7-2)15(12)5/h1-2,10H,3-5H3. The first-order chi connectivity index (χ1) is 7.11. The second kappa shape index (κ2) is 5.01. The van der Waals surface area contributed by atoms with E-state index in [4.69, 9.17) is 12.8 Å². The van der Waals surface area contributed by atoms with Gasteiger partial charge in [-0.1, -0.05) is 0 Å². The Morgan fingerprint density at radius 3 is 2.20 bits per heavy atom. The molecule has 72 valence electrons. The predicted octanol–water partition coefficient (Wildman–Crippen LogP) is -1.61.